The highest BCUT2D eigenvalue weighted by molar-refractivity contribution is 5.99. The molecule has 2 heterocycles. The Kier molecular flexibility index (Phi) is 5.32. The van der Waals surface area contributed by atoms with E-state index in [0.717, 1.165) is 16.5 Å². The zero-order chi connectivity index (χ0) is 21.3. The van der Waals surface area contributed by atoms with Crippen LogP contribution in [0.4, 0.5) is 13.2 Å². The van der Waals surface area contributed by atoms with Gasteiger partial charge in [0.15, 0.2) is 0 Å². The highest BCUT2D eigenvalue weighted by Crippen LogP contribution is 2.40. The monoisotopic (exact) mass is 415 g/mol. The molecule has 0 bridgehead atoms. The molecule has 0 fully saturated rings. The average Bonchev–Trinajstić information content (AvgIpc) is 3.27. The Morgan fingerprint density at radius 3 is 2.80 bits per heavy atom. The number of aromatic nitrogens is 2. The number of alkyl halides is 3. The van der Waals surface area contributed by atoms with E-state index < -0.39 is 18.1 Å². The van der Waals surface area contributed by atoms with Crippen molar-refractivity contribution < 1.29 is 22.4 Å². The lowest BCUT2D eigenvalue weighted by atomic mass is 9.85. The van der Waals surface area contributed by atoms with E-state index in [9.17, 15) is 18.0 Å². The summed E-state index contributed by atoms with van der Waals surface area (Å²) in [4.78, 5) is 21.0. The van der Waals surface area contributed by atoms with Gasteiger partial charge in [-0.15, -0.1) is 0 Å². The van der Waals surface area contributed by atoms with Gasteiger partial charge in [0.25, 0.3) is 5.91 Å². The van der Waals surface area contributed by atoms with Crippen molar-refractivity contribution in [2.75, 3.05) is 0 Å². The number of allylic oxidation sites excluding steroid dienone is 2. The number of nitrogens with zero attached hydrogens (tertiary/aromatic N) is 2. The SMILES string of the molecule is C[C@@H](NC(=O)c1cnc2c(C3=CC[C@H](C(F)(F)F)CC3)cccc2c1)c1ncco1. The molecule has 2 atom stereocenters. The minimum Gasteiger partial charge on any atom is -0.447 e. The molecule has 1 N–H and O–H groups in total. The van der Waals surface area contributed by atoms with Crippen molar-refractivity contribution in [2.24, 2.45) is 5.92 Å². The average molecular weight is 415 g/mol. The maximum Gasteiger partial charge on any atom is 0.392 e. The lowest BCUT2D eigenvalue weighted by molar-refractivity contribution is -0.175. The third-order valence-corrected chi connectivity index (χ3v) is 5.36. The number of carbonyl (C=O) groups is 1. The molecular formula is C22H20F3N3O2. The van der Waals surface area contributed by atoms with Crippen LogP contribution in [0.3, 0.4) is 0 Å². The van der Waals surface area contributed by atoms with Crippen molar-refractivity contribution in [2.45, 2.75) is 38.4 Å². The molecule has 0 radical (unpaired) electrons. The fourth-order valence-corrected chi connectivity index (χ4v) is 3.71. The second-order valence-electron chi connectivity index (χ2n) is 7.41. The summed E-state index contributed by atoms with van der Waals surface area (Å²) in [6, 6.07) is 6.85. The molecule has 1 aromatic carbocycles. The normalized spacial score (nSPS) is 18.1. The van der Waals surface area contributed by atoms with Crippen LogP contribution in [0.2, 0.25) is 0 Å². The summed E-state index contributed by atoms with van der Waals surface area (Å²) in [6.45, 7) is 1.76. The Bertz CT molecular complexity index is 1090. The summed E-state index contributed by atoms with van der Waals surface area (Å²) in [5.41, 5.74) is 2.73. The van der Waals surface area contributed by atoms with Crippen molar-refractivity contribution in [3.63, 3.8) is 0 Å². The van der Waals surface area contributed by atoms with Crippen LogP contribution in [0, 0.1) is 5.92 Å². The third kappa shape index (κ3) is 4.08. The van der Waals surface area contributed by atoms with Crippen LogP contribution in [0.15, 0.2) is 53.4 Å². The van der Waals surface area contributed by atoms with E-state index in [4.69, 9.17) is 4.42 Å². The number of carbonyl (C=O) groups excluding carboxylic acids is 1. The van der Waals surface area contributed by atoms with Crippen molar-refractivity contribution in [3.05, 3.63) is 66.0 Å². The fraction of sp³-hybridized carbons (Fsp3) is 0.318. The van der Waals surface area contributed by atoms with Crippen molar-refractivity contribution in [3.8, 4) is 0 Å². The first kappa shape index (κ1) is 20.1. The first-order chi connectivity index (χ1) is 14.3. The summed E-state index contributed by atoms with van der Waals surface area (Å²) in [5.74, 6) is -1.20. The van der Waals surface area contributed by atoms with Gasteiger partial charge in [-0.2, -0.15) is 13.2 Å². The lowest BCUT2D eigenvalue weighted by Crippen LogP contribution is -2.27. The van der Waals surface area contributed by atoms with Crippen LogP contribution in [-0.4, -0.2) is 22.1 Å². The van der Waals surface area contributed by atoms with E-state index in [1.807, 2.05) is 18.2 Å². The van der Waals surface area contributed by atoms with Crippen LogP contribution in [-0.2, 0) is 0 Å². The molecule has 1 aliphatic carbocycles. The second kappa shape index (κ2) is 7.93. The Morgan fingerprint density at radius 1 is 1.30 bits per heavy atom. The van der Waals surface area contributed by atoms with Gasteiger partial charge < -0.3 is 9.73 Å². The van der Waals surface area contributed by atoms with Crippen LogP contribution in [0.5, 0.6) is 0 Å². The predicted octanol–water partition coefficient (Wildman–Crippen LogP) is 5.46. The molecule has 1 amide bonds. The first-order valence-electron chi connectivity index (χ1n) is 9.68. The molecule has 156 valence electrons. The summed E-state index contributed by atoms with van der Waals surface area (Å²) in [5, 5.41) is 3.56. The molecule has 0 unspecified atom stereocenters. The quantitative estimate of drug-likeness (QED) is 0.614. The first-order valence-corrected chi connectivity index (χ1v) is 9.68. The van der Waals surface area contributed by atoms with Gasteiger partial charge in [-0.05, 0) is 37.8 Å². The number of fused-ring (bicyclic) bond motifs is 1. The number of hydrogen-bond acceptors (Lipinski definition) is 4. The Hall–Kier alpha value is -3.16. The minimum absolute atomic E-state index is 0.0194. The van der Waals surface area contributed by atoms with E-state index in [2.05, 4.69) is 15.3 Å². The van der Waals surface area contributed by atoms with Crippen LogP contribution in [0.25, 0.3) is 16.5 Å². The minimum atomic E-state index is -4.16. The number of nitrogens with one attached hydrogen (secondary N) is 1. The Labute approximate surface area is 171 Å². The van der Waals surface area contributed by atoms with Crippen LogP contribution in [0.1, 0.15) is 54.0 Å². The Morgan fingerprint density at radius 2 is 2.13 bits per heavy atom. The molecule has 5 nitrogen and oxygen atoms in total. The van der Waals surface area contributed by atoms with Crippen LogP contribution >= 0.6 is 0 Å². The van der Waals surface area contributed by atoms with Gasteiger partial charge in [0.05, 0.1) is 23.2 Å². The fourth-order valence-electron chi connectivity index (χ4n) is 3.71. The molecule has 8 heteroatoms. The van der Waals surface area contributed by atoms with Gasteiger partial charge in [0, 0.05) is 17.1 Å². The maximum atomic E-state index is 12.9. The van der Waals surface area contributed by atoms with Gasteiger partial charge in [-0.1, -0.05) is 24.3 Å². The van der Waals surface area contributed by atoms with Gasteiger partial charge in [0.2, 0.25) is 5.89 Å². The van der Waals surface area contributed by atoms with E-state index in [-0.39, 0.29) is 18.7 Å². The number of para-hydroxylation sites is 1. The molecule has 2 aromatic heterocycles. The molecule has 1 aliphatic rings. The predicted molar refractivity (Wildman–Crippen MR) is 106 cm³/mol. The van der Waals surface area contributed by atoms with Gasteiger partial charge in [0.1, 0.15) is 12.3 Å². The molecule has 4 rings (SSSR count). The molecular weight excluding hydrogens is 395 g/mol. The number of pyridine rings is 1. The number of hydrogen-bond donors (Lipinski definition) is 1. The van der Waals surface area contributed by atoms with Crippen molar-refractivity contribution >= 4 is 22.4 Å². The molecule has 0 saturated carbocycles. The third-order valence-electron chi connectivity index (χ3n) is 5.36. The molecule has 0 aliphatic heterocycles. The maximum absolute atomic E-state index is 12.9. The highest BCUT2D eigenvalue weighted by Gasteiger charge is 2.39. The van der Waals surface area contributed by atoms with Crippen molar-refractivity contribution in [1.29, 1.82) is 0 Å². The molecule has 0 spiro atoms. The van der Waals surface area contributed by atoms with Crippen molar-refractivity contribution in [1.82, 2.24) is 15.3 Å². The van der Waals surface area contributed by atoms with E-state index in [1.54, 1.807) is 19.1 Å². The van der Waals surface area contributed by atoms with Gasteiger partial charge in [-0.3, -0.25) is 9.78 Å². The summed E-state index contributed by atoms with van der Waals surface area (Å²) >= 11 is 0. The number of benzene rings is 1. The standard InChI is InChI=1S/C22H20F3N3O2/c1-13(21-26-9-10-30-21)28-20(29)16-11-15-3-2-4-18(19(15)27-12-16)14-5-7-17(8-6-14)22(23,24)25/h2-5,9-13,17H,6-8H2,1H3,(H,28,29)/t13-,17+/m1/s1. The zero-order valence-corrected chi connectivity index (χ0v) is 16.2. The largest absolute Gasteiger partial charge is 0.447 e. The second-order valence-corrected chi connectivity index (χ2v) is 7.41. The molecule has 30 heavy (non-hydrogen) atoms. The van der Waals surface area contributed by atoms with Crippen LogP contribution < -0.4 is 5.32 Å². The summed E-state index contributed by atoms with van der Waals surface area (Å²) in [6.07, 6.45) is 2.33. The topological polar surface area (TPSA) is 68.0 Å². The lowest BCUT2D eigenvalue weighted by Gasteiger charge is -2.24. The highest BCUT2D eigenvalue weighted by atomic mass is 19.4. The van der Waals surface area contributed by atoms with Gasteiger partial charge in [-0.25, -0.2) is 4.98 Å². The van der Waals surface area contributed by atoms with E-state index >= 15 is 0 Å². The molecule has 3 aromatic rings. The number of halogens is 3. The summed E-state index contributed by atoms with van der Waals surface area (Å²) < 4.78 is 44.0. The number of amides is 1. The Balaban J connectivity index is 1.57. The number of rotatable bonds is 4. The van der Waals surface area contributed by atoms with Gasteiger partial charge >= 0.3 is 6.18 Å². The smallest absolute Gasteiger partial charge is 0.392 e. The number of oxazole rings is 1. The summed E-state index contributed by atoms with van der Waals surface area (Å²) in [7, 11) is 0. The van der Waals surface area contributed by atoms with E-state index in [0.29, 0.717) is 23.4 Å². The molecule has 0 saturated heterocycles. The zero-order valence-electron chi connectivity index (χ0n) is 16.2. The van der Waals surface area contributed by atoms with E-state index in [1.165, 1.54) is 18.7 Å².